The van der Waals surface area contributed by atoms with Gasteiger partial charge < -0.3 is 44.3 Å². The van der Waals surface area contributed by atoms with E-state index >= 15 is 0 Å². The minimum absolute atomic E-state index is 0.0484. The Morgan fingerprint density at radius 1 is 0.937 bits per heavy atom. The lowest BCUT2D eigenvalue weighted by Gasteiger charge is -2.55. The topological polar surface area (TPSA) is 194 Å². The van der Waals surface area contributed by atoms with Gasteiger partial charge in [-0.3, -0.25) is 14.4 Å². The zero-order valence-electron chi connectivity index (χ0n) is 39.2. The molecule has 13 nitrogen and oxygen atoms in total. The number of aliphatic hydroxyl groups is 2. The van der Waals surface area contributed by atoms with E-state index in [-0.39, 0.29) is 29.6 Å². The van der Waals surface area contributed by atoms with E-state index in [4.69, 9.17) is 23.7 Å². The van der Waals surface area contributed by atoms with Crippen LogP contribution in [0.2, 0.25) is 0 Å². The maximum Gasteiger partial charge on any atom is 0.309 e. The number of carboxylic acid groups (broad SMARTS) is 1. The summed E-state index contributed by atoms with van der Waals surface area (Å²) in [7, 11) is 0. The highest BCUT2D eigenvalue weighted by molar-refractivity contribution is 5.95. The van der Waals surface area contributed by atoms with Gasteiger partial charge in [-0.1, -0.05) is 67.5 Å². The van der Waals surface area contributed by atoms with E-state index in [1.54, 1.807) is 31.2 Å². The molecule has 5 aliphatic heterocycles. The predicted molar refractivity (Wildman–Crippen MR) is 235 cm³/mol. The molecule has 2 spiro atoms. The summed E-state index contributed by atoms with van der Waals surface area (Å²) >= 11 is 0. The molecule has 0 saturated carbocycles. The number of nitriles is 1. The third-order valence-electron chi connectivity index (χ3n) is 16.0. The van der Waals surface area contributed by atoms with Crippen LogP contribution in [0.3, 0.4) is 0 Å². The number of Topliss-reactive ketones (excluding diaryl/α,β-unsaturated/α-hetero) is 1. The van der Waals surface area contributed by atoms with Crippen molar-refractivity contribution in [1.29, 1.82) is 5.26 Å². The molecule has 6 rings (SSSR count). The fraction of sp³-hybridized carbons (Fsp3) is 0.760. The van der Waals surface area contributed by atoms with Crippen LogP contribution in [0, 0.1) is 52.8 Å². The number of ketones is 1. The highest BCUT2D eigenvalue weighted by Crippen LogP contribution is 2.54. The second-order valence-electron chi connectivity index (χ2n) is 20.1. The van der Waals surface area contributed by atoms with Crippen molar-refractivity contribution in [3.63, 3.8) is 0 Å². The quantitative estimate of drug-likeness (QED) is 0.135. The normalized spacial score (nSPS) is 40.4. The number of rotatable bonds is 14. The summed E-state index contributed by atoms with van der Waals surface area (Å²) in [5.74, 6) is -6.71. The molecule has 0 bridgehead atoms. The van der Waals surface area contributed by atoms with Crippen LogP contribution in [-0.2, 0) is 33.3 Å². The molecule has 5 aliphatic rings. The third kappa shape index (κ3) is 9.56. The van der Waals surface area contributed by atoms with Crippen molar-refractivity contribution in [3.05, 3.63) is 47.5 Å². The van der Waals surface area contributed by atoms with Crippen molar-refractivity contribution in [3.8, 4) is 6.07 Å². The van der Waals surface area contributed by atoms with Gasteiger partial charge in [-0.25, -0.2) is 0 Å². The average molecular weight is 879 g/mol. The predicted octanol–water partition coefficient (Wildman–Crippen LogP) is 7.50. The summed E-state index contributed by atoms with van der Waals surface area (Å²) in [5, 5.41) is 45.7. The Balaban J connectivity index is 1.26. The molecule has 0 aliphatic carbocycles. The number of carbonyl (C=O) groups is 3. The van der Waals surface area contributed by atoms with Crippen LogP contribution in [0.5, 0.6) is 0 Å². The average Bonchev–Trinajstić information content (AvgIpc) is 3.61. The largest absolute Gasteiger partial charge is 0.481 e. The third-order valence-corrected chi connectivity index (χ3v) is 16.0. The van der Waals surface area contributed by atoms with Crippen LogP contribution in [-0.4, -0.2) is 98.4 Å². The molecule has 1 aromatic rings. The number of carboxylic acids is 1. The molecule has 0 unspecified atom stereocenters. The molecule has 1 amide bonds. The Morgan fingerprint density at radius 2 is 1.65 bits per heavy atom. The maximum absolute atomic E-state index is 14.7. The van der Waals surface area contributed by atoms with Crippen molar-refractivity contribution < 1.29 is 53.4 Å². The van der Waals surface area contributed by atoms with Gasteiger partial charge in [0.05, 0.1) is 65.4 Å². The van der Waals surface area contributed by atoms with Gasteiger partial charge in [0.1, 0.15) is 11.8 Å². The standard InChI is InChI=1S/C50H74N2O11/c1-11-36(46(56)57)38-18-17-28(4)43(60-38)32(8)41(53)31(7)42(54)37(12-2)44-29(5)25-30(6)49(61-44)22-19-39(52-45(55)35-16-14-15-34(26-35)27-51)50(63-49)24-23-47(10,62-50)40-20-21-48(58,13-3)33(9)59-40/h14-16,19,22,26,28-33,36-41,43-44,53,58H,11-13,17-18,20-21,23-25H2,1-10H3,(H,52,55)(H,56,57)/t28-,29-,30+,31-,32-,33-,36+,37-,38+,39-,40+,41+,43+,44-,47-,48+,49-,50-/m0/s1. The molecule has 350 valence electrons. The second-order valence-corrected chi connectivity index (χ2v) is 20.1. The summed E-state index contributed by atoms with van der Waals surface area (Å²) in [6.07, 6.45) is 6.06. The first-order chi connectivity index (χ1) is 29.7. The first kappa shape index (κ1) is 49.2. The number of amides is 1. The molecule has 0 aromatic heterocycles. The lowest BCUT2D eigenvalue weighted by atomic mass is 9.72. The Morgan fingerprint density at radius 3 is 2.29 bits per heavy atom. The lowest BCUT2D eigenvalue weighted by molar-refractivity contribution is -0.397. The van der Waals surface area contributed by atoms with Crippen molar-refractivity contribution in [2.75, 3.05) is 0 Å². The number of ether oxygens (including phenoxy) is 5. The van der Waals surface area contributed by atoms with Crippen molar-refractivity contribution >= 4 is 17.7 Å². The highest BCUT2D eigenvalue weighted by Gasteiger charge is 2.63. The fourth-order valence-electron chi connectivity index (χ4n) is 11.6. The minimum Gasteiger partial charge on any atom is -0.481 e. The number of benzene rings is 1. The molecule has 4 fully saturated rings. The summed E-state index contributed by atoms with van der Waals surface area (Å²) < 4.78 is 34.6. The first-order valence-electron chi connectivity index (χ1n) is 23.8. The highest BCUT2D eigenvalue weighted by atomic mass is 16.8. The van der Waals surface area contributed by atoms with E-state index in [2.05, 4.69) is 32.2 Å². The zero-order chi connectivity index (χ0) is 46.2. The Kier molecular flexibility index (Phi) is 15.1. The van der Waals surface area contributed by atoms with Gasteiger partial charge in [0.2, 0.25) is 0 Å². The number of hydrogen-bond acceptors (Lipinski definition) is 11. The molecule has 5 heterocycles. The Bertz CT molecular complexity index is 1890. The SMILES string of the molecule is CC[C@@H](C(=O)[C@@H](C)[C@@H](O)[C@H](C)[C@@H]1O[C@@H]([C@@H](CC)C(=O)O)CC[C@@H]1C)[C@H]1O[C@]2(C=C[C@H](NC(=O)c3cccc(C#N)c3)[C@]3(CC[C@@](C)([C@H]4CC[C@](O)(CC)[C@H](C)O4)O3)O2)[C@H](C)C[C@@H]1C. The zero-order valence-corrected chi connectivity index (χ0v) is 39.2. The van der Waals surface area contributed by atoms with Crippen molar-refractivity contribution in [2.24, 2.45) is 41.4 Å². The van der Waals surface area contributed by atoms with Gasteiger partial charge in [-0.05, 0) is 108 Å². The summed E-state index contributed by atoms with van der Waals surface area (Å²) in [6, 6.07) is 7.85. The minimum atomic E-state index is -1.41. The number of aliphatic hydroxyl groups excluding tert-OH is 1. The van der Waals surface area contributed by atoms with Crippen LogP contribution in [0.1, 0.15) is 149 Å². The number of aliphatic carboxylic acids is 1. The van der Waals surface area contributed by atoms with E-state index in [0.29, 0.717) is 68.9 Å². The number of nitrogens with one attached hydrogen (secondary N) is 1. The number of carbonyl (C=O) groups excluding carboxylic acids is 2. The Hall–Kier alpha value is -3.22. The van der Waals surface area contributed by atoms with Crippen LogP contribution < -0.4 is 5.32 Å². The maximum atomic E-state index is 14.7. The van der Waals surface area contributed by atoms with Crippen molar-refractivity contribution in [2.45, 2.75) is 199 Å². The molecule has 0 radical (unpaired) electrons. The summed E-state index contributed by atoms with van der Waals surface area (Å²) in [4.78, 5) is 40.6. The molecular weight excluding hydrogens is 805 g/mol. The Labute approximate surface area is 374 Å². The molecule has 18 atom stereocenters. The van der Waals surface area contributed by atoms with E-state index in [9.17, 15) is 35.0 Å². The molecule has 4 N–H and O–H groups in total. The van der Waals surface area contributed by atoms with Gasteiger partial charge in [-0.2, -0.15) is 5.26 Å². The summed E-state index contributed by atoms with van der Waals surface area (Å²) in [5.41, 5.74) is -1.10. The fourth-order valence-corrected chi connectivity index (χ4v) is 11.6. The van der Waals surface area contributed by atoms with Crippen LogP contribution in [0.4, 0.5) is 0 Å². The summed E-state index contributed by atoms with van der Waals surface area (Å²) in [6.45, 7) is 19.5. The van der Waals surface area contributed by atoms with Gasteiger partial charge in [0.15, 0.2) is 11.6 Å². The molecule has 13 heteroatoms. The monoisotopic (exact) mass is 879 g/mol. The lowest BCUT2D eigenvalue weighted by Crippen LogP contribution is -2.65. The van der Waals surface area contributed by atoms with Crippen molar-refractivity contribution in [1.82, 2.24) is 5.32 Å². The van der Waals surface area contributed by atoms with Crippen LogP contribution >= 0.6 is 0 Å². The smallest absolute Gasteiger partial charge is 0.309 e. The first-order valence-corrected chi connectivity index (χ1v) is 23.8. The molecule has 4 saturated heterocycles. The van der Waals surface area contributed by atoms with Gasteiger partial charge in [0, 0.05) is 35.7 Å². The molecule has 63 heavy (non-hydrogen) atoms. The van der Waals surface area contributed by atoms with E-state index < -0.39 is 94.9 Å². The van der Waals surface area contributed by atoms with Gasteiger partial charge in [-0.15, -0.1) is 0 Å². The number of hydrogen-bond donors (Lipinski definition) is 4. The van der Waals surface area contributed by atoms with Gasteiger partial charge >= 0.3 is 5.97 Å². The molecule has 1 aromatic carbocycles. The second kappa shape index (κ2) is 19.3. The molecular formula is C50H74N2O11. The van der Waals surface area contributed by atoms with E-state index in [1.165, 1.54) is 0 Å². The van der Waals surface area contributed by atoms with E-state index in [1.807, 2.05) is 53.7 Å². The van der Waals surface area contributed by atoms with Gasteiger partial charge in [0.25, 0.3) is 5.91 Å². The van der Waals surface area contributed by atoms with Crippen LogP contribution in [0.25, 0.3) is 0 Å². The number of nitrogens with zero attached hydrogens (tertiary/aromatic N) is 1. The van der Waals surface area contributed by atoms with Crippen LogP contribution in [0.15, 0.2) is 36.4 Å². The van der Waals surface area contributed by atoms with E-state index in [0.717, 1.165) is 6.42 Å².